The smallest absolute Gasteiger partial charge is 0.242 e. The van der Waals surface area contributed by atoms with Gasteiger partial charge in [-0.3, -0.25) is 9.59 Å². The summed E-state index contributed by atoms with van der Waals surface area (Å²) in [5.41, 5.74) is 1.92. The number of tetrazole rings is 1. The summed E-state index contributed by atoms with van der Waals surface area (Å²) in [6, 6.07) is 8.17. The van der Waals surface area contributed by atoms with Crippen molar-refractivity contribution in [3.8, 4) is 11.4 Å². The summed E-state index contributed by atoms with van der Waals surface area (Å²) >= 11 is 0. The fraction of sp³-hybridized carbons (Fsp3) is 0.526. The van der Waals surface area contributed by atoms with Crippen molar-refractivity contribution in [3.05, 3.63) is 24.3 Å². The number of aromatic amines is 1. The van der Waals surface area contributed by atoms with Gasteiger partial charge in [0.15, 0.2) is 0 Å². The van der Waals surface area contributed by atoms with Gasteiger partial charge in [-0.1, -0.05) is 26.0 Å². The number of nitrogens with one attached hydrogen (secondary N) is 1. The van der Waals surface area contributed by atoms with Crippen LogP contribution < -0.4 is 4.90 Å². The Kier molecular flexibility index (Phi) is 5.91. The van der Waals surface area contributed by atoms with E-state index in [-0.39, 0.29) is 30.3 Å². The van der Waals surface area contributed by atoms with Gasteiger partial charge in [0.2, 0.25) is 17.6 Å². The number of amides is 2. The van der Waals surface area contributed by atoms with E-state index in [1.807, 2.05) is 50.1 Å². The van der Waals surface area contributed by atoms with Crippen molar-refractivity contribution in [2.75, 3.05) is 38.6 Å². The molecule has 2 aromatic rings. The number of hydrogen-bond donors (Lipinski definition) is 1. The first-order chi connectivity index (χ1) is 13.4. The van der Waals surface area contributed by atoms with Gasteiger partial charge in [0, 0.05) is 50.4 Å². The summed E-state index contributed by atoms with van der Waals surface area (Å²) in [4.78, 5) is 30.1. The number of likely N-dealkylation sites (N-methyl/N-ethyl adjacent to an activating group) is 2. The normalized spacial score (nSPS) is 16.5. The van der Waals surface area contributed by atoms with Crippen LogP contribution in [0.15, 0.2) is 24.3 Å². The molecule has 1 saturated heterocycles. The lowest BCUT2D eigenvalue weighted by Crippen LogP contribution is -2.43. The molecule has 0 bridgehead atoms. The van der Waals surface area contributed by atoms with Crippen molar-refractivity contribution >= 4 is 17.5 Å². The summed E-state index contributed by atoms with van der Waals surface area (Å²) in [5.74, 6) is 0.422. The zero-order chi connectivity index (χ0) is 20.3. The topological polar surface area (TPSA) is 98.3 Å². The van der Waals surface area contributed by atoms with Gasteiger partial charge in [-0.2, -0.15) is 5.21 Å². The summed E-state index contributed by atoms with van der Waals surface area (Å²) in [6.07, 6.45) is 0.885. The maximum Gasteiger partial charge on any atom is 0.242 e. The van der Waals surface area contributed by atoms with E-state index >= 15 is 0 Å². The lowest BCUT2D eigenvalue weighted by Gasteiger charge is -2.28. The van der Waals surface area contributed by atoms with Gasteiger partial charge in [-0.25, -0.2) is 0 Å². The molecule has 1 aliphatic heterocycles. The summed E-state index contributed by atoms with van der Waals surface area (Å²) < 4.78 is 0. The number of hydrogen-bond acceptors (Lipinski definition) is 6. The molecule has 1 atom stereocenters. The minimum Gasteiger partial charge on any atom is -0.370 e. The van der Waals surface area contributed by atoms with Crippen molar-refractivity contribution < 1.29 is 9.59 Å². The second-order valence-electron chi connectivity index (χ2n) is 7.53. The first-order valence-corrected chi connectivity index (χ1v) is 9.46. The maximum absolute atomic E-state index is 12.6. The first kappa shape index (κ1) is 19.8. The number of aromatic nitrogens is 4. The van der Waals surface area contributed by atoms with Crippen LogP contribution in [0.3, 0.4) is 0 Å². The molecule has 2 heterocycles. The SMILES string of the molecule is CC(C)C(=O)N(C)CC(=O)N1CCC(N(C)c2cccc(-c3nn[nH]n3)c2)C1. The summed E-state index contributed by atoms with van der Waals surface area (Å²) in [5, 5.41) is 14.1. The Labute approximate surface area is 164 Å². The fourth-order valence-electron chi connectivity index (χ4n) is 3.47. The Hall–Kier alpha value is -2.97. The third kappa shape index (κ3) is 4.29. The molecule has 1 fully saturated rings. The second kappa shape index (κ2) is 8.37. The molecule has 1 N–H and O–H groups in total. The summed E-state index contributed by atoms with van der Waals surface area (Å²) in [6.45, 7) is 5.15. The van der Waals surface area contributed by atoms with Crippen LogP contribution >= 0.6 is 0 Å². The molecule has 0 spiro atoms. The molecule has 0 saturated carbocycles. The van der Waals surface area contributed by atoms with Crippen molar-refractivity contribution in [1.29, 1.82) is 0 Å². The molecule has 1 aliphatic rings. The zero-order valence-electron chi connectivity index (χ0n) is 16.8. The van der Waals surface area contributed by atoms with Crippen LogP contribution in [-0.2, 0) is 9.59 Å². The Morgan fingerprint density at radius 3 is 2.79 bits per heavy atom. The number of anilines is 1. The number of likely N-dealkylation sites (tertiary alicyclic amines) is 1. The number of carbonyl (C=O) groups is 2. The Morgan fingerprint density at radius 1 is 1.32 bits per heavy atom. The molecule has 1 unspecified atom stereocenters. The monoisotopic (exact) mass is 385 g/mol. The second-order valence-corrected chi connectivity index (χ2v) is 7.53. The minimum atomic E-state index is -0.109. The van der Waals surface area contributed by atoms with Gasteiger partial charge in [-0.05, 0) is 23.8 Å². The van der Waals surface area contributed by atoms with Crippen LogP contribution in [0.2, 0.25) is 0 Å². The van der Waals surface area contributed by atoms with Crippen LogP contribution in [0.5, 0.6) is 0 Å². The fourth-order valence-corrected chi connectivity index (χ4v) is 3.47. The lowest BCUT2D eigenvalue weighted by atomic mass is 10.1. The number of rotatable bonds is 6. The molecule has 150 valence electrons. The average Bonchev–Trinajstić information content (AvgIpc) is 3.38. The highest BCUT2D eigenvalue weighted by molar-refractivity contribution is 5.85. The minimum absolute atomic E-state index is 0.00653. The number of benzene rings is 1. The van der Waals surface area contributed by atoms with Crippen molar-refractivity contribution in [2.24, 2.45) is 5.92 Å². The molecule has 0 radical (unpaired) electrons. The van der Waals surface area contributed by atoms with E-state index < -0.39 is 0 Å². The highest BCUT2D eigenvalue weighted by atomic mass is 16.2. The number of nitrogens with zero attached hydrogens (tertiary/aromatic N) is 6. The molecular weight excluding hydrogens is 358 g/mol. The van der Waals surface area contributed by atoms with Gasteiger partial charge >= 0.3 is 0 Å². The van der Waals surface area contributed by atoms with E-state index in [4.69, 9.17) is 0 Å². The van der Waals surface area contributed by atoms with Crippen LogP contribution in [-0.4, -0.2) is 82.0 Å². The number of carbonyl (C=O) groups excluding carboxylic acids is 2. The molecular formula is C19H27N7O2. The highest BCUT2D eigenvalue weighted by Crippen LogP contribution is 2.25. The van der Waals surface area contributed by atoms with Crippen molar-refractivity contribution in [3.63, 3.8) is 0 Å². The van der Waals surface area contributed by atoms with Gasteiger partial charge in [0.1, 0.15) is 0 Å². The Morgan fingerprint density at radius 2 is 2.11 bits per heavy atom. The predicted molar refractivity (Wildman–Crippen MR) is 105 cm³/mol. The number of H-pyrrole nitrogens is 1. The Balaban J connectivity index is 1.61. The zero-order valence-corrected chi connectivity index (χ0v) is 16.8. The van der Waals surface area contributed by atoms with E-state index in [9.17, 15) is 9.59 Å². The van der Waals surface area contributed by atoms with E-state index in [0.29, 0.717) is 18.9 Å². The average molecular weight is 385 g/mol. The molecule has 0 aliphatic carbocycles. The van der Waals surface area contributed by atoms with E-state index in [0.717, 1.165) is 17.7 Å². The van der Waals surface area contributed by atoms with Crippen molar-refractivity contribution in [2.45, 2.75) is 26.3 Å². The quantitative estimate of drug-likeness (QED) is 0.797. The molecule has 3 rings (SSSR count). The lowest BCUT2D eigenvalue weighted by molar-refractivity contribution is -0.140. The molecule has 9 nitrogen and oxygen atoms in total. The molecule has 1 aromatic carbocycles. The van der Waals surface area contributed by atoms with E-state index in [1.165, 1.54) is 4.90 Å². The molecule has 9 heteroatoms. The van der Waals surface area contributed by atoms with E-state index in [2.05, 4.69) is 25.5 Å². The van der Waals surface area contributed by atoms with Crippen molar-refractivity contribution in [1.82, 2.24) is 30.4 Å². The van der Waals surface area contributed by atoms with E-state index in [1.54, 1.807) is 7.05 Å². The van der Waals surface area contributed by atoms with Gasteiger partial charge in [0.05, 0.1) is 6.54 Å². The van der Waals surface area contributed by atoms with Crippen LogP contribution in [0.25, 0.3) is 11.4 Å². The standard InChI is InChI=1S/C19H27N7O2/c1-13(2)19(28)24(3)12-17(27)26-9-8-16(11-26)25(4)15-7-5-6-14(10-15)18-20-22-23-21-18/h5-7,10,13,16H,8-9,11-12H2,1-4H3,(H,20,21,22,23). The van der Waals surface area contributed by atoms with Crippen LogP contribution in [0.1, 0.15) is 20.3 Å². The third-order valence-electron chi connectivity index (χ3n) is 5.16. The predicted octanol–water partition coefficient (Wildman–Crippen LogP) is 1.02. The molecule has 2 amide bonds. The molecule has 28 heavy (non-hydrogen) atoms. The van der Waals surface area contributed by atoms with Gasteiger partial charge in [-0.15, -0.1) is 10.2 Å². The van der Waals surface area contributed by atoms with Gasteiger partial charge in [0.25, 0.3) is 0 Å². The van der Waals surface area contributed by atoms with Gasteiger partial charge < -0.3 is 14.7 Å². The third-order valence-corrected chi connectivity index (χ3v) is 5.16. The maximum atomic E-state index is 12.6. The largest absolute Gasteiger partial charge is 0.370 e. The molecule has 1 aromatic heterocycles. The first-order valence-electron chi connectivity index (χ1n) is 9.46. The Bertz CT molecular complexity index is 821. The highest BCUT2D eigenvalue weighted by Gasteiger charge is 2.30. The summed E-state index contributed by atoms with van der Waals surface area (Å²) in [7, 11) is 3.71. The van der Waals surface area contributed by atoms with Crippen LogP contribution in [0.4, 0.5) is 5.69 Å². The van der Waals surface area contributed by atoms with Crippen LogP contribution in [0, 0.1) is 5.92 Å².